The molecule has 0 bridgehead atoms. The molecule has 0 fully saturated rings. The van der Waals surface area contributed by atoms with Crippen LogP contribution in [0.2, 0.25) is 0 Å². The number of primary amides is 1. The summed E-state index contributed by atoms with van der Waals surface area (Å²) in [5.74, 6) is 0.489. The highest BCUT2D eigenvalue weighted by Gasteiger charge is 2.09. The van der Waals surface area contributed by atoms with Crippen LogP contribution >= 0.6 is 0 Å². The second kappa shape index (κ2) is 4.47. The van der Waals surface area contributed by atoms with Crippen LogP contribution in [0, 0.1) is 0 Å². The molecule has 0 aromatic heterocycles. The molecule has 0 saturated heterocycles. The van der Waals surface area contributed by atoms with Gasteiger partial charge in [-0.2, -0.15) is 0 Å². The Morgan fingerprint density at radius 1 is 1.00 bits per heavy atom. The molecule has 0 aliphatic rings. The molecule has 2 N–H and O–H groups in total. The van der Waals surface area contributed by atoms with E-state index in [0.717, 1.165) is 0 Å². The van der Waals surface area contributed by atoms with Gasteiger partial charge in [0.1, 0.15) is 0 Å². The minimum absolute atomic E-state index is 0.348. The van der Waals surface area contributed by atoms with E-state index in [2.05, 4.69) is 33.8 Å². The van der Waals surface area contributed by atoms with Gasteiger partial charge in [-0.15, -0.1) is 0 Å². The first-order valence-electron chi connectivity index (χ1n) is 5.36. The van der Waals surface area contributed by atoms with Crippen LogP contribution < -0.4 is 5.73 Å². The predicted octanol–water partition coefficient (Wildman–Crippen LogP) is 3.03. The van der Waals surface area contributed by atoms with Crippen LogP contribution in [0.15, 0.2) is 18.2 Å². The number of benzene rings is 1. The van der Waals surface area contributed by atoms with Crippen molar-refractivity contribution in [3.05, 3.63) is 34.9 Å². The van der Waals surface area contributed by atoms with Crippen LogP contribution in [-0.4, -0.2) is 5.91 Å². The van der Waals surface area contributed by atoms with Gasteiger partial charge in [0, 0.05) is 5.56 Å². The van der Waals surface area contributed by atoms with Crippen molar-refractivity contribution in [1.29, 1.82) is 0 Å². The summed E-state index contributed by atoms with van der Waals surface area (Å²) in [7, 11) is 0. The van der Waals surface area contributed by atoms with Gasteiger partial charge < -0.3 is 5.73 Å². The van der Waals surface area contributed by atoms with E-state index in [4.69, 9.17) is 5.73 Å². The van der Waals surface area contributed by atoms with Crippen LogP contribution in [0.25, 0.3) is 0 Å². The standard InChI is InChI=1S/C13H19NO/c1-8(2)10-5-11(9(3)4)7-12(6-10)13(14)15/h5-9H,1-4H3,(H2,14,15). The molecule has 0 spiro atoms. The second-order valence-corrected chi connectivity index (χ2v) is 4.56. The first-order valence-corrected chi connectivity index (χ1v) is 5.36. The number of nitrogens with two attached hydrogens (primary N) is 1. The SMILES string of the molecule is CC(C)c1cc(C(N)=O)cc(C(C)C)c1. The van der Waals surface area contributed by atoms with Gasteiger partial charge in [0.15, 0.2) is 0 Å². The van der Waals surface area contributed by atoms with E-state index in [-0.39, 0.29) is 5.91 Å². The van der Waals surface area contributed by atoms with E-state index in [1.54, 1.807) is 0 Å². The Hall–Kier alpha value is -1.31. The van der Waals surface area contributed by atoms with Crippen LogP contribution in [-0.2, 0) is 0 Å². The maximum absolute atomic E-state index is 11.2. The molecule has 1 rings (SSSR count). The summed E-state index contributed by atoms with van der Waals surface area (Å²) in [5, 5.41) is 0. The van der Waals surface area contributed by atoms with Crippen LogP contribution in [0.5, 0.6) is 0 Å². The highest BCUT2D eigenvalue weighted by atomic mass is 16.1. The van der Waals surface area contributed by atoms with Crippen molar-refractivity contribution in [3.63, 3.8) is 0 Å². The zero-order valence-corrected chi connectivity index (χ0v) is 9.87. The first-order chi connectivity index (χ1) is 6.91. The maximum Gasteiger partial charge on any atom is 0.248 e. The molecule has 2 heteroatoms. The van der Waals surface area contributed by atoms with E-state index in [1.807, 2.05) is 12.1 Å². The Labute approximate surface area is 91.5 Å². The van der Waals surface area contributed by atoms with Crippen molar-refractivity contribution in [1.82, 2.24) is 0 Å². The Kier molecular flexibility index (Phi) is 3.51. The van der Waals surface area contributed by atoms with Crippen LogP contribution in [0.4, 0.5) is 0 Å². The molecule has 0 aliphatic heterocycles. The molecule has 1 amide bonds. The Morgan fingerprint density at radius 3 is 1.67 bits per heavy atom. The zero-order valence-electron chi connectivity index (χ0n) is 9.87. The minimum Gasteiger partial charge on any atom is -0.366 e. The van der Waals surface area contributed by atoms with Crippen molar-refractivity contribution in [2.75, 3.05) is 0 Å². The quantitative estimate of drug-likeness (QED) is 0.809. The highest BCUT2D eigenvalue weighted by Crippen LogP contribution is 2.23. The fraction of sp³-hybridized carbons (Fsp3) is 0.462. The fourth-order valence-electron chi connectivity index (χ4n) is 1.49. The average molecular weight is 205 g/mol. The molecule has 15 heavy (non-hydrogen) atoms. The molecule has 0 radical (unpaired) electrons. The third-order valence-corrected chi connectivity index (χ3v) is 2.60. The second-order valence-electron chi connectivity index (χ2n) is 4.56. The lowest BCUT2D eigenvalue weighted by molar-refractivity contribution is 0.1000. The lowest BCUT2D eigenvalue weighted by Gasteiger charge is -2.12. The van der Waals surface area contributed by atoms with Crippen molar-refractivity contribution in [3.8, 4) is 0 Å². The van der Waals surface area contributed by atoms with Gasteiger partial charge in [0.2, 0.25) is 5.91 Å². The maximum atomic E-state index is 11.2. The van der Waals surface area contributed by atoms with Gasteiger partial charge in [0.25, 0.3) is 0 Å². The number of rotatable bonds is 3. The van der Waals surface area contributed by atoms with Gasteiger partial charge in [-0.1, -0.05) is 33.8 Å². The molecule has 1 aromatic carbocycles. The molecule has 0 unspecified atom stereocenters. The van der Waals surface area contributed by atoms with Gasteiger partial charge in [-0.05, 0) is 35.1 Å². The summed E-state index contributed by atoms with van der Waals surface area (Å²) in [6.45, 7) is 8.46. The first kappa shape index (κ1) is 11.8. The molecule has 0 saturated carbocycles. The van der Waals surface area contributed by atoms with E-state index >= 15 is 0 Å². The van der Waals surface area contributed by atoms with E-state index in [1.165, 1.54) is 11.1 Å². The lowest BCUT2D eigenvalue weighted by Crippen LogP contribution is -2.12. The molecule has 0 atom stereocenters. The third kappa shape index (κ3) is 2.82. The van der Waals surface area contributed by atoms with Gasteiger partial charge >= 0.3 is 0 Å². The van der Waals surface area contributed by atoms with E-state index in [9.17, 15) is 4.79 Å². The molecular formula is C13H19NO. The largest absolute Gasteiger partial charge is 0.366 e. The monoisotopic (exact) mass is 205 g/mol. The number of hydrogen-bond donors (Lipinski definition) is 1. The predicted molar refractivity (Wildman–Crippen MR) is 63.1 cm³/mol. The molecule has 1 aromatic rings. The average Bonchev–Trinajstić information content (AvgIpc) is 2.16. The number of carbonyl (C=O) groups is 1. The highest BCUT2D eigenvalue weighted by molar-refractivity contribution is 5.93. The van der Waals surface area contributed by atoms with E-state index < -0.39 is 0 Å². The summed E-state index contributed by atoms with van der Waals surface area (Å²) in [6, 6.07) is 5.93. The molecule has 2 nitrogen and oxygen atoms in total. The number of hydrogen-bond acceptors (Lipinski definition) is 1. The molecule has 0 heterocycles. The smallest absolute Gasteiger partial charge is 0.248 e. The van der Waals surface area contributed by atoms with Crippen molar-refractivity contribution < 1.29 is 4.79 Å². The number of carbonyl (C=O) groups excluding carboxylic acids is 1. The normalized spacial score (nSPS) is 11.1. The Bertz CT molecular complexity index is 341. The topological polar surface area (TPSA) is 43.1 Å². The fourth-order valence-corrected chi connectivity index (χ4v) is 1.49. The molecular weight excluding hydrogens is 186 g/mol. The summed E-state index contributed by atoms with van der Waals surface area (Å²) in [5.41, 5.74) is 8.28. The van der Waals surface area contributed by atoms with E-state index in [0.29, 0.717) is 17.4 Å². The van der Waals surface area contributed by atoms with Gasteiger partial charge in [0.05, 0.1) is 0 Å². The molecule has 0 aliphatic carbocycles. The Balaban J connectivity index is 3.26. The van der Waals surface area contributed by atoms with Crippen LogP contribution in [0.1, 0.15) is 61.0 Å². The van der Waals surface area contributed by atoms with Gasteiger partial charge in [-0.25, -0.2) is 0 Å². The van der Waals surface area contributed by atoms with Crippen molar-refractivity contribution >= 4 is 5.91 Å². The summed E-state index contributed by atoms with van der Waals surface area (Å²) in [4.78, 5) is 11.2. The summed E-state index contributed by atoms with van der Waals surface area (Å²) in [6.07, 6.45) is 0. The minimum atomic E-state index is -0.348. The van der Waals surface area contributed by atoms with Crippen LogP contribution in [0.3, 0.4) is 0 Å². The molecule has 82 valence electrons. The Morgan fingerprint density at radius 2 is 1.40 bits per heavy atom. The summed E-state index contributed by atoms with van der Waals surface area (Å²) < 4.78 is 0. The van der Waals surface area contributed by atoms with Gasteiger partial charge in [-0.3, -0.25) is 4.79 Å². The van der Waals surface area contributed by atoms with Crippen molar-refractivity contribution in [2.45, 2.75) is 39.5 Å². The zero-order chi connectivity index (χ0) is 11.6. The third-order valence-electron chi connectivity index (χ3n) is 2.60. The number of amides is 1. The summed E-state index contributed by atoms with van der Waals surface area (Å²) >= 11 is 0. The lowest BCUT2D eigenvalue weighted by atomic mass is 9.93. The van der Waals surface area contributed by atoms with Crippen molar-refractivity contribution in [2.24, 2.45) is 5.73 Å².